The van der Waals surface area contributed by atoms with Gasteiger partial charge in [0.1, 0.15) is 6.61 Å². The van der Waals surface area contributed by atoms with Crippen LogP contribution in [-0.2, 0) is 11.3 Å². The molecule has 2 rings (SSSR count). The maximum atomic E-state index is 11.7. The van der Waals surface area contributed by atoms with Crippen LogP contribution >= 0.6 is 15.9 Å². The molecule has 1 heterocycles. The van der Waals surface area contributed by atoms with Crippen molar-refractivity contribution in [2.45, 2.75) is 19.6 Å². The predicted molar refractivity (Wildman–Crippen MR) is 80.1 cm³/mol. The minimum atomic E-state index is -0.459. The van der Waals surface area contributed by atoms with Crippen molar-refractivity contribution in [1.29, 1.82) is 0 Å². The molecule has 0 saturated carbocycles. The molecule has 0 aliphatic carbocycles. The number of ether oxygens (including phenoxy) is 1. The Kier molecular flexibility index (Phi) is 5.12. The van der Waals surface area contributed by atoms with Gasteiger partial charge in [-0.2, -0.15) is 0 Å². The molecule has 1 amide bonds. The zero-order valence-corrected chi connectivity index (χ0v) is 12.6. The summed E-state index contributed by atoms with van der Waals surface area (Å²) >= 11 is 3.41. The number of nitrogens with zero attached hydrogens (tertiary/aromatic N) is 1. The molecule has 0 aliphatic heterocycles. The third kappa shape index (κ3) is 4.06. The zero-order valence-electron chi connectivity index (χ0n) is 11.0. The summed E-state index contributed by atoms with van der Waals surface area (Å²) < 4.78 is 6.02. The van der Waals surface area contributed by atoms with Crippen LogP contribution in [-0.4, -0.2) is 11.1 Å². The number of carbonyl (C=O) groups excluding carboxylic acids is 1. The summed E-state index contributed by atoms with van der Waals surface area (Å²) in [7, 11) is 0. The van der Waals surface area contributed by atoms with Gasteiger partial charge in [0.15, 0.2) is 0 Å². The highest BCUT2D eigenvalue weighted by molar-refractivity contribution is 9.10. The highest BCUT2D eigenvalue weighted by atomic mass is 79.9. The Morgan fingerprint density at radius 2 is 2.05 bits per heavy atom. The van der Waals surface area contributed by atoms with Crippen molar-refractivity contribution in [2.75, 3.05) is 0 Å². The van der Waals surface area contributed by atoms with Gasteiger partial charge in [0.05, 0.1) is 11.7 Å². The van der Waals surface area contributed by atoms with Crippen molar-refractivity contribution in [3.63, 3.8) is 0 Å². The first kappa shape index (κ1) is 14.5. The molecule has 1 aromatic carbocycles. The van der Waals surface area contributed by atoms with E-state index in [-0.39, 0.29) is 12.6 Å². The zero-order chi connectivity index (χ0) is 14.4. The SMILES string of the molecule is CC(NC(=O)OCc1ccccc1)c1ncccc1Br. The van der Waals surface area contributed by atoms with Crippen molar-refractivity contribution in [2.24, 2.45) is 0 Å². The van der Waals surface area contributed by atoms with E-state index in [4.69, 9.17) is 4.74 Å². The van der Waals surface area contributed by atoms with Crippen molar-refractivity contribution < 1.29 is 9.53 Å². The van der Waals surface area contributed by atoms with Crippen LogP contribution < -0.4 is 5.32 Å². The van der Waals surface area contributed by atoms with E-state index >= 15 is 0 Å². The first-order valence-electron chi connectivity index (χ1n) is 6.24. The lowest BCUT2D eigenvalue weighted by molar-refractivity contribution is 0.136. The number of aromatic nitrogens is 1. The summed E-state index contributed by atoms with van der Waals surface area (Å²) in [5.74, 6) is 0. The molecule has 1 atom stereocenters. The average molecular weight is 335 g/mol. The summed E-state index contributed by atoms with van der Waals surface area (Å²) in [5.41, 5.74) is 1.72. The maximum absolute atomic E-state index is 11.7. The summed E-state index contributed by atoms with van der Waals surface area (Å²) in [5, 5.41) is 2.75. The maximum Gasteiger partial charge on any atom is 0.407 e. The van der Waals surface area contributed by atoms with Crippen LogP contribution in [0.2, 0.25) is 0 Å². The quantitative estimate of drug-likeness (QED) is 0.924. The fourth-order valence-corrected chi connectivity index (χ4v) is 2.32. The highest BCUT2D eigenvalue weighted by Crippen LogP contribution is 2.20. The molecule has 20 heavy (non-hydrogen) atoms. The minimum Gasteiger partial charge on any atom is -0.445 e. The van der Waals surface area contributed by atoms with Crippen LogP contribution in [0.1, 0.15) is 24.2 Å². The number of benzene rings is 1. The van der Waals surface area contributed by atoms with E-state index in [1.54, 1.807) is 6.20 Å². The Labute approximate surface area is 126 Å². The standard InChI is InChI=1S/C15H15BrN2O2/c1-11(14-13(16)8-5-9-17-14)18-15(19)20-10-12-6-3-2-4-7-12/h2-9,11H,10H2,1H3,(H,18,19). The van der Waals surface area contributed by atoms with E-state index in [2.05, 4.69) is 26.2 Å². The lowest BCUT2D eigenvalue weighted by Crippen LogP contribution is -2.28. The Balaban J connectivity index is 1.87. The Hall–Kier alpha value is -1.88. The second kappa shape index (κ2) is 7.05. The molecule has 0 spiro atoms. The van der Waals surface area contributed by atoms with Gasteiger partial charge in [-0.25, -0.2) is 4.79 Å². The number of carbonyl (C=O) groups is 1. The predicted octanol–water partition coefficient (Wildman–Crippen LogP) is 3.83. The molecule has 0 bridgehead atoms. The van der Waals surface area contributed by atoms with Gasteiger partial charge in [0.2, 0.25) is 0 Å². The fourth-order valence-electron chi connectivity index (χ4n) is 1.73. The van der Waals surface area contributed by atoms with Crippen LogP contribution in [0.25, 0.3) is 0 Å². The summed E-state index contributed by atoms with van der Waals surface area (Å²) in [6.45, 7) is 2.11. The number of halogens is 1. The van der Waals surface area contributed by atoms with E-state index < -0.39 is 6.09 Å². The molecule has 5 heteroatoms. The van der Waals surface area contributed by atoms with E-state index in [1.165, 1.54) is 0 Å². The topological polar surface area (TPSA) is 51.2 Å². The van der Waals surface area contributed by atoms with Gasteiger partial charge < -0.3 is 10.1 Å². The van der Waals surface area contributed by atoms with E-state index in [0.717, 1.165) is 15.7 Å². The number of nitrogens with one attached hydrogen (secondary N) is 1. The first-order valence-corrected chi connectivity index (χ1v) is 7.03. The molecule has 104 valence electrons. The molecule has 0 saturated heterocycles. The van der Waals surface area contributed by atoms with Gasteiger partial charge in [-0.1, -0.05) is 30.3 Å². The number of amides is 1. The third-order valence-corrected chi connectivity index (χ3v) is 3.41. The normalized spacial score (nSPS) is 11.7. The smallest absolute Gasteiger partial charge is 0.407 e. The van der Waals surface area contributed by atoms with Gasteiger partial charge in [0, 0.05) is 10.7 Å². The minimum absolute atomic E-state index is 0.228. The molecule has 0 fully saturated rings. The van der Waals surface area contributed by atoms with Crippen molar-refractivity contribution in [1.82, 2.24) is 10.3 Å². The van der Waals surface area contributed by atoms with Crippen LogP contribution in [0, 0.1) is 0 Å². The second-order valence-corrected chi connectivity index (χ2v) is 5.15. The van der Waals surface area contributed by atoms with Crippen molar-refractivity contribution in [3.05, 3.63) is 64.4 Å². The van der Waals surface area contributed by atoms with E-state index in [1.807, 2.05) is 49.4 Å². The molecule has 1 N–H and O–H groups in total. The lowest BCUT2D eigenvalue weighted by Gasteiger charge is -2.14. The monoisotopic (exact) mass is 334 g/mol. The molecular formula is C15H15BrN2O2. The number of hydrogen-bond acceptors (Lipinski definition) is 3. The Morgan fingerprint density at radius 1 is 1.30 bits per heavy atom. The number of hydrogen-bond donors (Lipinski definition) is 1. The van der Waals surface area contributed by atoms with Gasteiger partial charge in [0.25, 0.3) is 0 Å². The van der Waals surface area contributed by atoms with Crippen LogP contribution in [0.5, 0.6) is 0 Å². The van der Waals surface area contributed by atoms with Gasteiger partial charge >= 0.3 is 6.09 Å². The first-order chi connectivity index (χ1) is 9.66. The molecular weight excluding hydrogens is 320 g/mol. The molecule has 2 aromatic rings. The van der Waals surface area contributed by atoms with Gasteiger partial charge in [-0.05, 0) is 40.5 Å². The van der Waals surface area contributed by atoms with Crippen LogP contribution in [0.4, 0.5) is 4.79 Å². The molecule has 1 aromatic heterocycles. The molecule has 0 aliphatic rings. The summed E-state index contributed by atoms with van der Waals surface area (Å²) in [4.78, 5) is 16.0. The second-order valence-electron chi connectivity index (χ2n) is 4.30. The van der Waals surface area contributed by atoms with Crippen LogP contribution in [0.15, 0.2) is 53.1 Å². The molecule has 1 unspecified atom stereocenters. The number of alkyl carbamates (subject to hydrolysis) is 1. The number of pyridine rings is 1. The average Bonchev–Trinajstić information content (AvgIpc) is 2.46. The van der Waals surface area contributed by atoms with E-state index in [9.17, 15) is 4.79 Å². The van der Waals surface area contributed by atoms with Gasteiger partial charge in [-0.15, -0.1) is 0 Å². The summed E-state index contributed by atoms with van der Waals surface area (Å²) in [6, 6.07) is 13.0. The molecule has 4 nitrogen and oxygen atoms in total. The largest absolute Gasteiger partial charge is 0.445 e. The molecule has 0 radical (unpaired) electrons. The number of rotatable bonds is 4. The third-order valence-electron chi connectivity index (χ3n) is 2.74. The summed E-state index contributed by atoms with van der Waals surface area (Å²) in [6.07, 6.45) is 1.23. The Bertz CT molecular complexity index is 575. The van der Waals surface area contributed by atoms with E-state index in [0.29, 0.717) is 0 Å². The lowest BCUT2D eigenvalue weighted by atomic mass is 10.2. The van der Waals surface area contributed by atoms with Crippen molar-refractivity contribution in [3.8, 4) is 0 Å². The highest BCUT2D eigenvalue weighted by Gasteiger charge is 2.14. The fraction of sp³-hybridized carbons (Fsp3) is 0.200. The Morgan fingerprint density at radius 3 is 2.75 bits per heavy atom. The van der Waals surface area contributed by atoms with Crippen LogP contribution in [0.3, 0.4) is 0 Å². The van der Waals surface area contributed by atoms with Gasteiger partial charge in [-0.3, -0.25) is 4.98 Å². The van der Waals surface area contributed by atoms with Crippen molar-refractivity contribution >= 4 is 22.0 Å².